The summed E-state index contributed by atoms with van der Waals surface area (Å²) in [7, 11) is 0. The second-order valence-electron chi connectivity index (χ2n) is 4.21. The van der Waals surface area contributed by atoms with Crippen LogP contribution in [0.25, 0.3) is 0 Å². The number of rotatable bonds is 2. The lowest BCUT2D eigenvalue weighted by molar-refractivity contribution is 0.424. The average molecular weight is 225 g/mol. The summed E-state index contributed by atoms with van der Waals surface area (Å²) in [5, 5.41) is 3.47. The van der Waals surface area contributed by atoms with Crippen LogP contribution in [0.5, 0.6) is 0 Å². The SMILES string of the molecule is CSc1ccc(F)cc1C1(C)CCCN1. The van der Waals surface area contributed by atoms with Gasteiger partial charge in [-0.3, -0.25) is 0 Å². The van der Waals surface area contributed by atoms with Crippen molar-refractivity contribution < 1.29 is 4.39 Å². The molecule has 1 aromatic rings. The van der Waals surface area contributed by atoms with E-state index in [1.54, 1.807) is 17.8 Å². The van der Waals surface area contributed by atoms with Crippen LogP contribution in [0.3, 0.4) is 0 Å². The number of hydrogen-bond acceptors (Lipinski definition) is 2. The summed E-state index contributed by atoms with van der Waals surface area (Å²) in [4.78, 5) is 1.17. The van der Waals surface area contributed by atoms with Crippen molar-refractivity contribution in [1.29, 1.82) is 0 Å². The van der Waals surface area contributed by atoms with E-state index in [9.17, 15) is 4.39 Å². The van der Waals surface area contributed by atoms with Gasteiger partial charge in [0.1, 0.15) is 5.82 Å². The van der Waals surface area contributed by atoms with Crippen molar-refractivity contribution in [3.8, 4) is 0 Å². The third-order valence-electron chi connectivity index (χ3n) is 3.12. The van der Waals surface area contributed by atoms with Gasteiger partial charge in [0, 0.05) is 10.4 Å². The summed E-state index contributed by atoms with van der Waals surface area (Å²) in [6.07, 6.45) is 4.29. The first-order valence-corrected chi connectivity index (χ1v) is 6.47. The maximum absolute atomic E-state index is 13.3. The number of benzene rings is 1. The molecule has 1 fully saturated rings. The molecule has 1 nitrogen and oxygen atoms in total. The first kappa shape index (κ1) is 11.0. The molecule has 1 saturated heterocycles. The molecule has 15 heavy (non-hydrogen) atoms. The van der Waals surface area contributed by atoms with Crippen LogP contribution >= 0.6 is 11.8 Å². The Morgan fingerprint density at radius 2 is 2.27 bits per heavy atom. The molecule has 1 heterocycles. The average Bonchev–Trinajstić information content (AvgIpc) is 2.66. The molecular formula is C12H16FNS. The van der Waals surface area contributed by atoms with E-state index in [4.69, 9.17) is 0 Å². The third kappa shape index (κ3) is 2.04. The predicted octanol–water partition coefficient (Wildman–Crippen LogP) is 3.15. The molecular weight excluding hydrogens is 209 g/mol. The van der Waals surface area contributed by atoms with Crippen molar-refractivity contribution in [1.82, 2.24) is 5.32 Å². The monoisotopic (exact) mass is 225 g/mol. The van der Waals surface area contributed by atoms with Gasteiger partial charge in [-0.15, -0.1) is 11.8 Å². The van der Waals surface area contributed by atoms with E-state index in [-0.39, 0.29) is 11.4 Å². The van der Waals surface area contributed by atoms with Crippen LogP contribution < -0.4 is 5.32 Å². The smallest absolute Gasteiger partial charge is 0.123 e. The summed E-state index contributed by atoms with van der Waals surface area (Å²) >= 11 is 1.68. The van der Waals surface area contributed by atoms with Gasteiger partial charge in [-0.05, 0) is 56.3 Å². The molecule has 2 rings (SSSR count). The zero-order chi connectivity index (χ0) is 10.9. The summed E-state index contributed by atoms with van der Waals surface area (Å²) in [6.45, 7) is 3.19. The maximum Gasteiger partial charge on any atom is 0.123 e. The van der Waals surface area contributed by atoms with Gasteiger partial charge in [0.2, 0.25) is 0 Å². The summed E-state index contributed by atoms with van der Waals surface area (Å²) in [5.74, 6) is -0.141. The number of halogens is 1. The molecule has 3 heteroatoms. The van der Waals surface area contributed by atoms with Crippen LogP contribution in [-0.4, -0.2) is 12.8 Å². The number of nitrogens with one attached hydrogen (secondary N) is 1. The zero-order valence-corrected chi connectivity index (χ0v) is 9.96. The van der Waals surface area contributed by atoms with Gasteiger partial charge in [0.15, 0.2) is 0 Å². The largest absolute Gasteiger partial charge is 0.308 e. The lowest BCUT2D eigenvalue weighted by Gasteiger charge is -2.27. The molecule has 82 valence electrons. The van der Waals surface area contributed by atoms with Crippen LogP contribution in [0, 0.1) is 5.82 Å². The minimum absolute atomic E-state index is 0.0412. The molecule has 1 aliphatic rings. The van der Waals surface area contributed by atoms with Crippen LogP contribution in [-0.2, 0) is 5.54 Å². The van der Waals surface area contributed by atoms with Gasteiger partial charge in [-0.25, -0.2) is 4.39 Å². The Morgan fingerprint density at radius 1 is 1.47 bits per heavy atom. The van der Waals surface area contributed by atoms with Crippen LogP contribution in [0.4, 0.5) is 4.39 Å². The van der Waals surface area contributed by atoms with Crippen molar-refractivity contribution in [2.45, 2.75) is 30.2 Å². The Balaban J connectivity index is 2.44. The Kier molecular flexibility index (Phi) is 3.03. The second-order valence-corrected chi connectivity index (χ2v) is 5.06. The normalized spacial score (nSPS) is 25.8. The molecule has 0 radical (unpaired) electrons. The lowest BCUT2D eigenvalue weighted by atomic mass is 9.90. The molecule has 1 unspecified atom stereocenters. The van der Waals surface area contributed by atoms with E-state index in [0.29, 0.717) is 0 Å². The maximum atomic E-state index is 13.3. The van der Waals surface area contributed by atoms with Crippen molar-refractivity contribution in [2.75, 3.05) is 12.8 Å². The Morgan fingerprint density at radius 3 is 2.87 bits per heavy atom. The molecule has 0 saturated carbocycles. The molecule has 1 aliphatic heterocycles. The van der Waals surface area contributed by atoms with E-state index in [1.807, 2.05) is 12.3 Å². The van der Waals surface area contributed by atoms with Gasteiger partial charge in [0.25, 0.3) is 0 Å². The van der Waals surface area contributed by atoms with E-state index in [1.165, 1.54) is 17.4 Å². The minimum atomic E-state index is -0.141. The zero-order valence-electron chi connectivity index (χ0n) is 9.14. The fourth-order valence-corrected chi connectivity index (χ4v) is 2.94. The molecule has 0 spiro atoms. The van der Waals surface area contributed by atoms with Gasteiger partial charge in [0.05, 0.1) is 0 Å². The van der Waals surface area contributed by atoms with Crippen molar-refractivity contribution in [2.24, 2.45) is 0 Å². The molecule has 0 amide bonds. The van der Waals surface area contributed by atoms with Crippen molar-refractivity contribution in [3.05, 3.63) is 29.6 Å². The summed E-state index contributed by atoms with van der Waals surface area (Å²) in [5.41, 5.74) is 1.06. The second kappa shape index (κ2) is 4.14. The minimum Gasteiger partial charge on any atom is -0.308 e. The molecule has 1 atom stereocenters. The molecule has 1 N–H and O–H groups in total. The number of thioether (sulfide) groups is 1. The van der Waals surface area contributed by atoms with Gasteiger partial charge in [-0.1, -0.05) is 0 Å². The van der Waals surface area contributed by atoms with E-state index in [0.717, 1.165) is 18.5 Å². The van der Waals surface area contributed by atoms with Gasteiger partial charge >= 0.3 is 0 Å². The van der Waals surface area contributed by atoms with Gasteiger partial charge < -0.3 is 5.32 Å². The highest BCUT2D eigenvalue weighted by Crippen LogP contribution is 2.36. The Bertz CT molecular complexity index is 359. The van der Waals surface area contributed by atoms with Crippen LogP contribution in [0.2, 0.25) is 0 Å². The van der Waals surface area contributed by atoms with Crippen molar-refractivity contribution >= 4 is 11.8 Å². The Hall–Kier alpha value is -0.540. The highest BCUT2D eigenvalue weighted by molar-refractivity contribution is 7.98. The van der Waals surface area contributed by atoms with Gasteiger partial charge in [-0.2, -0.15) is 0 Å². The van der Waals surface area contributed by atoms with E-state index < -0.39 is 0 Å². The first-order chi connectivity index (χ1) is 7.15. The lowest BCUT2D eigenvalue weighted by Crippen LogP contribution is -2.33. The van der Waals surface area contributed by atoms with Crippen molar-refractivity contribution in [3.63, 3.8) is 0 Å². The van der Waals surface area contributed by atoms with Crippen LogP contribution in [0.15, 0.2) is 23.1 Å². The standard InChI is InChI=1S/C12H16FNS/c1-12(6-3-7-14-12)10-8-9(13)4-5-11(10)15-2/h4-5,8,14H,3,6-7H2,1-2H3. The third-order valence-corrected chi connectivity index (χ3v) is 3.92. The quantitative estimate of drug-likeness (QED) is 0.776. The fraction of sp³-hybridized carbons (Fsp3) is 0.500. The van der Waals surface area contributed by atoms with E-state index >= 15 is 0 Å². The molecule has 0 aliphatic carbocycles. The highest BCUT2D eigenvalue weighted by Gasteiger charge is 2.32. The van der Waals surface area contributed by atoms with Crippen LogP contribution in [0.1, 0.15) is 25.3 Å². The predicted molar refractivity (Wildman–Crippen MR) is 62.8 cm³/mol. The van der Waals surface area contributed by atoms with E-state index in [2.05, 4.69) is 12.2 Å². The fourth-order valence-electron chi connectivity index (χ4n) is 2.24. The Labute approximate surface area is 94.5 Å². The topological polar surface area (TPSA) is 12.0 Å². The molecule has 1 aromatic carbocycles. The number of hydrogen-bond donors (Lipinski definition) is 1. The first-order valence-electron chi connectivity index (χ1n) is 5.25. The molecule has 0 aromatic heterocycles. The highest BCUT2D eigenvalue weighted by atomic mass is 32.2. The molecule has 0 bridgehead atoms. The summed E-state index contributed by atoms with van der Waals surface area (Å²) < 4.78 is 13.3. The summed E-state index contributed by atoms with van der Waals surface area (Å²) in [6, 6.07) is 5.08.